The Bertz CT molecular complexity index is 707. The predicted molar refractivity (Wildman–Crippen MR) is 148 cm³/mol. The number of guanidine groups is 1. The van der Waals surface area contributed by atoms with Crippen LogP contribution in [0.5, 0.6) is 0 Å². The minimum Gasteiger partial charge on any atom is -0.385 e. The number of hydrogen-bond donors (Lipinski definition) is 1. The summed E-state index contributed by atoms with van der Waals surface area (Å²) in [5.74, 6) is 1.63. The number of nitrogens with one attached hydrogen (secondary N) is 1. The van der Waals surface area contributed by atoms with Crippen molar-refractivity contribution in [3.8, 4) is 0 Å². The summed E-state index contributed by atoms with van der Waals surface area (Å²) in [4.78, 5) is 10.2. The molecule has 2 aliphatic heterocycles. The van der Waals surface area contributed by atoms with Gasteiger partial charge in [-0.05, 0) is 49.7 Å². The number of benzene rings is 1. The number of piperidine rings is 1. The fourth-order valence-electron chi connectivity index (χ4n) is 4.84. The molecule has 1 unspecified atom stereocenters. The molecule has 0 saturated carbocycles. The zero-order valence-electron chi connectivity index (χ0n) is 21.1. The summed E-state index contributed by atoms with van der Waals surface area (Å²) in [6.07, 6.45) is 4.60. The number of aliphatic imine (C=N–C) groups is 1. The maximum Gasteiger partial charge on any atom is 0.193 e. The van der Waals surface area contributed by atoms with Gasteiger partial charge in [0.2, 0.25) is 0 Å². The van der Waals surface area contributed by atoms with Crippen LogP contribution in [0, 0.1) is 5.92 Å². The highest BCUT2D eigenvalue weighted by molar-refractivity contribution is 14.0. The van der Waals surface area contributed by atoms with Crippen LogP contribution in [-0.2, 0) is 22.4 Å². The van der Waals surface area contributed by atoms with Gasteiger partial charge in [0.1, 0.15) is 0 Å². The lowest BCUT2D eigenvalue weighted by atomic mass is 9.95. The van der Waals surface area contributed by atoms with Crippen LogP contribution >= 0.6 is 24.0 Å². The summed E-state index contributed by atoms with van der Waals surface area (Å²) in [5, 5.41) is 3.54. The Hall–Kier alpha value is -0.900. The lowest BCUT2D eigenvalue weighted by molar-refractivity contribution is 0.00987. The molecular formula is C26H45IN4O2. The maximum atomic E-state index is 6.04. The third kappa shape index (κ3) is 8.67. The van der Waals surface area contributed by atoms with Crippen LogP contribution in [0.15, 0.2) is 29.3 Å². The van der Waals surface area contributed by atoms with Crippen molar-refractivity contribution in [2.45, 2.75) is 65.1 Å². The van der Waals surface area contributed by atoms with E-state index in [0.717, 1.165) is 84.1 Å². The van der Waals surface area contributed by atoms with Gasteiger partial charge in [-0.3, -0.25) is 9.89 Å². The summed E-state index contributed by atoms with van der Waals surface area (Å²) in [6.45, 7) is 14.3. The summed E-state index contributed by atoms with van der Waals surface area (Å²) in [6, 6.07) is 9.35. The fraction of sp³-hybridized carbons (Fsp3) is 0.731. The van der Waals surface area contributed by atoms with Gasteiger partial charge < -0.3 is 19.7 Å². The fourth-order valence-corrected chi connectivity index (χ4v) is 4.84. The lowest BCUT2D eigenvalue weighted by Gasteiger charge is -2.38. The third-order valence-corrected chi connectivity index (χ3v) is 6.75. The lowest BCUT2D eigenvalue weighted by Crippen LogP contribution is -2.48. The predicted octanol–water partition coefficient (Wildman–Crippen LogP) is 4.17. The average Bonchev–Trinajstić information content (AvgIpc) is 2.81. The molecule has 7 heteroatoms. The topological polar surface area (TPSA) is 49.3 Å². The Balaban J connectivity index is 0.00000385. The van der Waals surface area contributed by atoms with Crippen molar-refractivity contribution >= 4 is 29.9 Å². The maximum absolute atomic E-state index is 6.04. The molecule has 0 aliphatic carbocycles. The number of fused-ring (bicyclic) bond motifs is 1. The van der Waals surface area contributed by atoms with E-state index in [2.05, 4.69) is 60.2 Å². The SMILES string of the molecule is CCNC(=NCC(C(C)C)N1CCc2ccccc2C1)N1CCC(OCCCOC)CC1.I. The highest BCUT2D eigenvalue weighted by Crippen LogP contribution is 2.23. The van der Waals surface area contributed by atoms with Crippen LogP contribution in [0.25, 0.3) is 0 Å². The summed E-state index contributed by atoms with van der Waals surface area (Å²) in [7, 11) is 1.74. The van der Waals surface area contributed by atoms with E-state index in [1.54, 1.807) is 7.11 Å². The molecule has 2 aliphatic rings. The first-order valence-electron chi connectivity index (χ1n) is 12.6. The van der Waals surface area contributed by atoms with Crippen molar-refractivity contribution in [1.82, 2.24) is 15.1 Å². The highest BCUT2D eigenvalue weighted by atomic mass is 127. The average molecular weight is 573 g/mol. The minimum absolute atomic E-state index is 0. The molecule has 3 rings (SSSR count). The first-order valence-corrected chi connectivity index (χ1v) is 12.6. The molecule has 0 bridgehead atoms. The Morgan fingerprint density at radius 3 is 2.52 bits per heavy atom. The standard InChI is InChI=1S/C26H44N4O2.HI/c1-5-27-26(29-15-12-24(13-16-29)32-18-8-17-31-4)28-19-25(21(2)3)30-14-11-22-9-6-7-10-23(22)20-30;/h6-7,9-10,21,24-25H,5,8,11-20H2,1-4H3,(H,27,28);1H. The molecule has 0 amide bonds. The van der Waals surface area contributed by atoms with Crippen molar-refractivity contribution < 1.29 is 9.47 Å². The van der Waals surface area contributed by atoms with Crippen molar-refractivity contribution in [2.24, 2.45) is 10.9 Å². The monoisotopic (exact) mass is 572 g/mol. The van der Waals surface area contributed by atoms with Gasteiger partial charge in [0.25, 0.3) is 0 Å². The van der Waals surface area contributed by atoms with E-state index in [-0.39, 0.29) is 24.0 Å². The van der Waals surface area contributed by atoms with E-state index >= 15 is 0 Å². The van der Waals surface area contributed by atoms with Gasteiger partial charge in [0.05, 0.1) is 12.6 Å². The van der Waals surface area contributed by atoms with Gasteiger partial charge in [0, 0.05) is 59.1 Å². The van der Waals surface area contributed by atoms with Crippen molar-refractivity contribution in [3.05, 3.63) is 35.4 Å². The van der Waals surface area contributed by atoms with Gasteiger partial charge >= 0.3 is 0 Å². The number of ether oxygens (including phenoxy) is 2. The van der Waals surface area contributed by atoms with E-state index in [4.69, 9.17) is 14.5 Å². The molecule has 1 fully saturated rings. The normalized spacial score (nSPS) is 18.7. The van der Waals surface area contributed by atoms with Crippen LogP contribution in [0.3, 0.4) is 0 Å². The second kappa shape index (κ2) is 15.2. The minimum atomic E-state index is 0. The van der Waals surface area contributed by atoms with Gasteiger partial charge in [-0.2, -0.15) is 0 Å². The van der Waals surface area contributed by atoms with Crippen molar-refractivity contribution in [3.63, 3.8) is 0 Å². The number of methoxy groups -OCH3 is 1. The Labute approximate surface area is 218 Å². The quantitative estimate of drug-likeness (QED) is 0.198. The third-order valence-electron chi connectivity index (χ3n) is 6.75. The molecular weight excluding hydrogens is 527 g/mol. The van der Waals surface area contributed by atoms with Crippen LogP contribution in [0.1, 0.15) is 51.2 Å². The highest BCUT2D eigenvalue weighted by Gasteiger charge is 2.27. The second-order valence-corrected chi connectivity index (χ2v) is 9.40. The molecule has 6 nitrogen and oxygen atoms in total. The van der Waals surface area contributed by atoms with E-state index in [9.17, 15) is 0 Å². The molecule has 1 atom stereocenters. The number of rotatable bonds is 10. The summed E-state index contributed by atoms with van der Waals surface area (Å²) >= 11 is 0. The van der Waals surface area contributed by atoms with E-state index in [1.807, 2.05) is 0 Å². The number of nitrogens with zero attached hydrogens (tertiary/aromatic N) is 3. The Morgan fingerprint density at radius 1 is 1.12 bits per heavy atom. The molecule has 0 spiro atoms. The van der Waals surface area contributed by atoms with Gasteiger partial charge in [0.15, 0.2) is 5.96 Å². The molecule has 1 N–H and O–H groups in total. The van der Waals surface area contributed by atoms with Crippen LogP contribution < -0.4 is 5.32 Å². The molecule has 1 saturated heterocycles. The number of halogens is 1. The first-order chi connectivity index (χ1) is 15.6. The van der Waals surface area contributed by atoms with E-state index in [1.165, 1.54) is 11.1 Å². The first kappa shape index (κ1) is 28.3. The zero-order valence-corrected chi connectivity index (χ0v) is 23.4. The van der Waals surface area contributed by atoms with Gasteiger partial charge in [-0.25, -0.2) is 0 Å². The van der Waals surface area contributed by atoms with Crippen molar-refractivity contribution in [2.75, 3.05) is 53.0 Å². The molecule has 0 radical (unpaired) electrons. The Kier molecular flexibility index (Phi) is 13.0. The number of likely N-dealkylation sites (tertiary alicyclic amines) is 1. The smallest absolute Gasteiger partial charge is 0.193 e. The largest absolute Gasteiger partial charge is 0.385 e. The molecule has 1 aromatic rings. The van der Waals surface area contributed by atoms with Crippen LogP contribution in [-0.4, -0.2) is 81.0 Å². The van der Waals surface area contributed by atoms with E-state index < -0.39 is 0 Å². The summed E-state index contributed by atoms with van der Waals surface area (Å²) in [5.41, 5.74) is 2.99. The van der Waals surface area contributed by atoms with Crippen molar-refractivity contribution in [1.29, 1.82) is 0 Å². The van der Waals surface area contributed by atoms with E-state index in [0.29, 0.717) is 18.1 Å². The molecule has 0 aromatic heterocycles. The second-order valence-electron chi connectivity index (χ2n) is 9.40. The molecule has 33 heavy (non-hydrogen) atoms. The van der Waals surface area contributed by atoms with Gasteiger partial charge in [-0.15, -0.1) is 24.0 Å². The van der Waals surface area contributed by atoms with Gasteiger partial charge in [-0.1, -0.05) is 38.1 Å². The molecule has 1 aromatic carbocycles. The number of hydrogen-bond acceptors (Lipinski definition) is 4. The zero-order chi connectivity index (χ0) is 22.8. The Morgan fingerprint density at radius 2 is 1.85 bits per heavy atom. The molecule has 188 valence electrons. The van der Waals surface area contributed by atoms with Crippen LogP contribution in [0.4, 0.5) is 0 Å². The molecule has 2 heterocycles. The summed E-state index contributed by atoms with van der Waals surface area (Å²) < 4.78 is 11.2. The van der Waals surface area contributed by atoms with Crippen LogP contribution in [0.2, 0.25) is 0 Å².